The quantitative estimate of drug-likeness (QED) is 0.412. The lowest BCUT2D eigenvalue weighted by atomic mass is 10.1. The van der Waals surface area contributed by atoms with Crippen LogP contribution in [0.4, 0.5) is 5.69 Å². The van der Waals surface area contributed by atoms with Crippen LogP contribution in [0.1, 0.15) is 29.8 Å². The van der Waals surface area contributed by atoms with E-state index in [1.165, 1.54) is 0 Å². The molecule has 2 N–H and O–H groups in total. The number of carbonyl (C=O) groups excluding carboxylic acids is 1. The molecule has 2 aromatic carbocycles. The molecular weight excluding hydrogens is 424 g/mol. The van der Waals surface area contributed by atoms with Gasteiger partial charge in [0, 0.05) is 23.0 Å². The van der Waals surface area contributed by atoms with Crippen molar-refractivity contribution in [3.05, 3.63) is 71.9 Å². The van der Waals surface area contributed by atoms with Gasteiger partial charge in [0.15, 0.2) is 16.3 Å². The molecule has 32 heavy (non-hydrogen) atoms. The van der Waals surface area contributed by atoms with Crippen LogP contribution in [-0.2, 0) is 0 Å². The normalized spacial score (nSPS) is 10.9. The van der Waals surface area contributed by atoms with Gasteiger partial charge >= 0.3 is 0 Å². The minimum Gasteiger partial charge on any atom is -0.491 e. The Morgan fingerprint density at radius 2 is 1.91 bits per heavy atom. The minimum absolute atomic E-state index is 0.0662. The highest BCUT2D eigenvalue weighted by atomic mass is 32.1. The summed E-state index contributed by atoms with van der Waals surface area (Å²) < 4.78 is 11.4. The summed E-state index contributed by atoms with van der Waals surface area (Å²) in [6.45, 7) is 5.84. The molecule has 162 valence electrons. The van der Waals surface area contributed by atoms with Gasteiger partial charge in [-0.3, -0.25) is 10.1 Å². The SMILES string of the molecule is Cc1ccc(-c2nc3ncccc3o2)cc1NC(=S)NC(=O)c1ccc(OC(C)C)cc1. The van der Waals surface area contributed by atoms with Gasteiger partial charge in [0.05, 0.1) is 6.10 Å². The monoisotopic (exact) mass is 446 g/mol. The molecular formula is C24H22N4O3S. The van der Waals surface area contributed by atoms with Crippen molar-refractivity contribution < 1.29 is 13.9 Å². The van der Waals surface area contributed by atoms with E-state index in [-0.39, 0.29) is 17.1 Å². The Labute approximate surface area is 190 Å². The third-order valence-electron chi connectivity index (χ3n) is 4.61. The molecule has 2 heterocycles. The molecule has 4 aromatic rings. The van der Waals surface area contributed by atoms with Crippen LogP contribution in [0.3, 0.4) is 0 Å². The maximum atomic E-state index is 12.5. The third-order valence-corrected chi connectivity index (χ3v) is 4.82. The zero-order valence-corrected chi connectivity index (χ0v) is 18.7. The van der Waals surface area contributed by atoms with Crippen molar-refractivity contribution in [3.8, 4) is 17.2 Å². The molecule has 0 radical (unpaired) electrons. The van der Waals surface area contributed by atoms with Gasteiger partial charge in [-0.1, -0.05) is 6.07 Å². The molecule has 1 amide bonds. The minimum atomic E-state index is -0.308. The summed E-state index contributed by atoms with van der Waals surface area (Å²) in [5.41, 5.74) is 4.11. The molecule has 0 aliphatic heterocycles. The first-order valence-corrected chi connectivity index (χ1v) is 10.5. The number of rotatable bonds is 5. The van der Waals surface area contributed by atoms with Crippen molar-refractivity contribution in [2.45, 2.75) is 26.9 Å². The molecule has 0 saturated carbocycles. The number of benzene rings is 2. The van der Waals surface area contributed by atoms with Crippen LogP contribution in [0.25, 0.3) is 22.7 Å². The topological polar surface area (TPSA) is 89.3 Å². The average molecular weight is 447 g/mol. The zero-order valence-electron chi connectivity index (χ0n) is 17.9. The summed E-state index contributed by atoms with van der Waals surface area (Å²) in [6, 6.07) is 16.2. The number of thiocarbonyl (C=S) groups is 1. The van der Waals surface area contributed by atoms with Crippen molar-refractivity contribution in [3.63, 3.8) is 0 Å². The van der Waals surface area contributed by atoms with E-state index in [9.17, 15) is 4.79 Å². The van der Waals surface area contributed by atoms with Crippen molar-refractivity contribution in [1.29, 1.82) is 0 Å². The highest BCUT2D eigenvalue weighted by Gasteiger charge is 2.13. The summed E-state index contributed by atoms with van der Waals surface area (Å²) in [7, 11) is 0. The van der Waals surface area contributed by atoms with E-state index in [4.69, 9.17) is 21.4 Å². The summed E-state index contributed by atoms with van der Waals surface area (Å²) in [5.74, 6) is 0.858. The van der Waals surface area contributed by atoms with Crippen LogP contribution >= 0.6 is 12.2 Å². The number of anilines is 1. The Morgan fingerprint density at radius 1 is 1.12 bits per heavy atom. The Bertz CT molecular complexity index is 1250. The summed E-state index contributed by atoms with van der Waals surface area (Å²) in [4.78, 5) is 21.2. The van der Waals surface area contributed by atoms with E-state index < -0.39 is 0 Å². The molecule has 0 aliphatic rings. The van der Waals surface area contributed by atoms with Crippen LogP contribution in [-0.4, -0.2) is 27.1 Å². The van der Waals surface area contributed by atoms with Crippen LogP contribution in [0.15, 0.2) is 65.2 Å². The number of aryl methyl sites for hydroxylation is 1. The number of nitrogens with one attached hydrogen (secondary N) is 2. The van der Waals surface area contributed by atoms with Gasteiger partial charge in [0.1, 0.15) is 5.75 Å². The maximum Gasteiger partial charge on any atom is 0.257 e. The number of hydrogen-bond acceptors (Lipinski definition) is 6. The zero-order chi connectivity index (χ0) is 22.7. The molecule has 0 atom stereocenters. The second kappa shape index (κ2) is 9.15. The molecule has 8 heteroatoms. The molecule has 0 spiro atoms. The second-order valence-electron chi connectivity index (χ2n) is 7.47. The van der Waals surface area contributed by atoms with Gasteiger partial charge in [0.25, 0.3) is 5.91 Å². The Balaban J connectivity index is 1.45. The van der Waals surface area contributed by atoms with Crippen LogP contribution in [0, 0.1) is 6.92 Å². The molecule has 7 nitrogen and oxygen atoms in total. The number of oxazole rings is 1. The first-order chi connectivity index (χ1) is 15.4. The van der Waals surface area contributed by atoms with Gasteiger partial charge in [-0.05, 0) is 87.1 Å². The summed E-state index contributed by atoms with van der Waals surface area (Å²) in [5, 5.41) is 5.98. The maximum absolute atomic E-state index is 12.5. The van der Waals surface area contributed by atoms with E-state index >= 15 is 0 Å². The fraction of sp³-hybridized carbons (Fsp3) is 0.167. The predicted molar refractivity (Wildman–Crippen MR) is 128 cm³/mol. The van der Waals surface area contributed by atoms with Gasteiger partial charge in [0.2, 0.25) is 5.89 Å². The molecule has 0 unspecified atom stereocenters. The van der Waals surface area contributed by atoms with E-state index in [2.05, 4.69) is 20.6 Å². The molecule has 0 aliphatic carbocycles. The first-order valence-electron chi connectivity index (χ1n) is 10.1. The van der Waals surface area contributed by atoms with Crippen molar-refractivity contribution in [2.24, 2.45) is 0 Å². The molecule has 2 aromatic heterocycles. The number of nitrogens with zero attached hydrogens (tertiary/aromatic N) is 2. The van der Waals surface area contributed by atoms with Crippen molar-refractivity contribution >= 4 is 40.2 Å². The number of aromatic nitrogens is 2. The lowest BCUT2D eigenvalue weighted by Crippen LogP contribution is -2.34. The second-order valence-corrected chi connectivity index (χ2v) is 7.88. The average Bonchev–Trinajstić information content (AvgIpc) is 3.19. The number of carbonyl (C=O) groups is 1. The lowest BCUT2D eigenvalue weighted by Gasteiger charge is -2.13. The molecule has 0 bridgehead atoms. The smallest absolute Gasteiger partial charge is 0.257 e. The van der Waals surface area contributed by atoms with Crippen molar-refractivity contribution in [2.75, 3.05) is 5.32 Å². The highest BCUT2D eigenvalue weighted by molar-refractivity contribution is 7.80. The Kier molecular flexibility index (Phi) is 6.13. The predicted octanol–water partition coefficient (Wildman–Crippen LogP) is 5.11. The first kappa shape index (κ1) is 21.5. The van der Waals surface area contributed by atoms with Gasteiger partial charge < -0.3 is 14.5 Å². The number of fused-ring (bicyclic) bond motifs is 1. The fourth-order valence-corrected chi connectivity index (χ4v) is 3.27. The standard InChI is InChI=1S/C24H22N4O3S/c1-14(2)30-18-10-8-16(9-11-18)22(29)28-24(32)26-19-13-17(7-6-15(19)3)23-27-21-20(31-23)5-4-12-25-21/h4-14H,1-3H3,(H2,26,28,29,32). The Morgan fingerprint density at radius 3 is 2.62 bits per heavy atom. The number of hydrogen-bond donors (Lipinski definition) is 2. The molecule has 0 saturated heterocycles. The van der Waals surface area contributed by atoms with Crippen molar-refractivity contribution in [1.82, 2.24) is 15.3 Å². The van der Waals surface area contributed by atoms with Crippen LogP contribution in [0.5, 0.6) is 5.75 Å². The van der Waals surface area contributed by atoms with E-state index in [1.54, 1.807) is 36.5 Å². The summed E-state index contributed by atoms with van der Waals surface area (Å²) in [6.07, 6.45) is 1.74. The van der Waals surface area contributed by atoms with Crippen LogP contribution in [0.2, 0.25) is 0 Å². The molecule has 0 fully saturated rings. The van der Waals surface area contributed by atoms with E-state index in [1.807, 2.05) is 45.0 Å². The number of pyridine rings is 1. The fourth-order valence-electron chi connectivity index (χ4n) is 3.07. The lowest BCUT2D eigenvalue weighted by molar-refractivity contribution is 0.0977. The number of amides is 1. The third kappa shape index (κ3) is 4.92. The van der Waals surface area contributed by atoms with E-state index in [0.717, 1.165) is 16.8 Å². The molecule has 4 rings (SSSR count). The number of ether oxygens (including phenoxy) is 1. The van der Waals surface area contributed by atoms with Gasteiger partial charge in [-0.2, -0.15) is 4.98 Å². The largest absolute Gasteiger partial charge is 0.491 e. The Hall–Kier alpha value is -3.78. The highest BCUT2D eigenvalue weighted by Crippen LogP contribution is 2.27. The van der Waals surface area contributed by atoms with E-state index in [0.29, 0.717) is 28.4 Å². The summed E-state index contributed by atoms with van der Waals surface area (Å²) >= 11 is 5.35. The van der Waals surface area contributed by atoms with Gasteiger partial charge in [-0.25, -0.2) is 4.98 Å². The van der Waals surface area contributed by atoms with Gasteiger partial charge in [-0.15, -0.1) is 0 Å². The van der Waals surface area contributed by atoms with Crippen LogP contribution < -0.4 is 15.4 Å².